The molecule has 0 unspecified atom stereocenters. The Bertz CT molecular complexity index is 671. The Morgan fingerprint density at radius 1 is 1.31 bits per heavy atom. The lowest BCUT2D eigenvalue weighted by Gasteiger charge is -2.31. The minimum absolute atomic E-state index is 0.114. The zero-order valence-corrected chi connectivity index (χ0v) is 16.2. The molecule has 0 spiro atoms. The molecular formula is C17H28N4O4S. The average molecular weight is 385 g/mol. The van der Waals surface area contributed by atoms with Crippen LogP contribution in [0.25, 0.3) is 0 Å². The summed E-state index contributed by atoms with van der Waals surface area (Å²) in [6.45, 7) is 5.42. The molecule has 0 bridgehead atoms. The number of aromatic nitrogens is 1. The van der Waals surface area contributed by atoms with Crippen LogP contribution in [-0.4, -0.2) is 55.9 Å². The Morgan fingerprint density at radius 2 is 2.04 bits per heavy atom. The summed E-state index contributed by atoms with van der Waals surface area (Å²) in [7, 11) is -3.32. The minimum atomic E-state index is -3.32. The van der Waals surface area contributed by atoms with E-state index in [4.69, 9.17) is 4.74 Å². The number of anilines is 2. The Balaban J connectivity index is 1.82. The second kappa shape index (κ2) is 9.61. The van der Waals surface area contributed by atoms with E-state index in [1.807, 2.05) is 6.92 Å². The largest absolute Gasteiger partial charge is 0.450 e. The van der Waals surface area contributed by atoms with Crippen LogP contribution in [0.5, 0.6) is 0 Å². The quantitative estimate of drug-likeness (QED) is 0.715. The van der Waals surface area contributed by atoms with Crippen molar-refractivity contribution in [2.24, 2.45) is 0 Å². The van der Waals surface area contributed by atoms with Gasteiger partial charge in [-0.25, -0.2) is 18.2 Å². The molecular weight excluding hydrogens is 356 g/mol. The molecule has 2 rings (SSSR count). The fourth-order valence-corrected chi connectivity index (χ4v) is 3.99. The molecule has 1 fully saturated rings. The highest BCUT2D eigenvalue weighted by atomic mass is 32.2. The van der Waals surface area contributed by atoms with E-state index in [0.29, 0.717) is 37.6 Å². The van der Waals surface area contributed by atoms with Crippen molar-refractivity contribution in [2.75, 3.05) is 35.5 Å². The monoisotopic (exact) mass is 384 g/mol. The number of sulfonamides is 1. The number of likely N-dealkylation sites (tertiary alicyclic amines) is 1. The summed E-state index contributed by atoms with van der Waals surface area (Å²) in [6.07, 6.45) is 4.34. The van der Waals surface area contributed by atoms with Gasteiger partial charge in [0.15, 0.2) is 0 Å². The topological polar surface area (TPSA) is 101 Å². The third kappa shape index (κ3) is 6.36. The van der Waals surface area contributed by atoms with E-state index >= 15 is 0 Å². The van der Waals surface area contributed by atoms with Gasteiger partial charge < -0.3 is 15.0 Å². The second-order valence-corrected chi connectivity index (χ2v) is 8.15. The molecule has 1 aromatic rings. The summed E-state index contributed by atoms with van der Waals surface area (Å²) in [4.78, 5) is 17.7. The summed E-state index contributed by atoms with van der Waals surface area (Å²) in [6, 6.07) is 3.68. The number of piperidine rings is 1. The Kier molecular flexibility index (Phi) is 7.50. The molecule has 2 heterocycles. The highest BCUT2D eigenvalue weighted by molar-refractivity contribution is 7.92. The number of carbonyl (C=O) groups is 1. The van der Waals surface area contributed by atoms with Crippen LogP contribution in [0.1, 0.15) is 39.5 Å². The number of nitrogens with zero attached hydrogens (tertiary/aromatic N) is 2. The smallest absolute Gasteiger partial charge is 0.409 e. The van der Waals surface area contributed by atoms with Crippen LogP contribution in [0.15, 0.2) is 18.3 Å². The van der Waals surface area contributed by atoms with Crippen LogP contribution in [-0.2, 0) is 14.8 Å². The highest BCUT2D eigenvalue weighted by Gasteiger charge is 2.23. The van der Waals surface area contributed by atoms with Gasteiger partial charge in [-0.2, -0.15) is 0 Å². The van der Waals surface area contributed by atoms with Crippen LogP contribution in [0.3, 0.4) is 0 Å². The summed E-state index contributed by atoms with van der Waals surface area (Å²) in [5, 5.41) is 3.33. The molecule has 0 aliphatic carbocycles. The maximum Gasteiger partial charge on any atom is 0.409 e. The molecule has 0 aromatic carbocycles. The number of pyridine rings is 1. The maximum atomic E-state index is 11.9. The zero-order chi connectivity index (χ0) is 19.0. The van der Waals surface area contributed by atoms with Crippen molar-refractivity contribution in [3.8, 4) is 0 Å². The van der Waals surface area contributed by atoms with Gasteiger partial charge >= 0.3 is 6.09 Å². The lowest BCUT2D eigenvalue weighted by Crippen LogP contribution is -2.42. The summed E-state index contributed by atoms with van der Waals surface area (Å²) >= 11 is 0. The molecule has 0 radical (unpaired) electrons. The van der Waals surface area contributed by atoms with E-state index in [0.717, 1.165) is 19.3 Å². The van der Waals surface area contributed by atoms with E-state index in [1.54, 1.807) is 24.0 Å². The number of nitrogens with one attached hydrogen (secondary N) is 2. The number of amides is 1. The third-order valence-corrected chi connectivity index (χ3v) is 5.55. The van der Waals surface area contributed by atoms with Gasteiger partial charge in [-0.05, 0) is 38.3 Å². The van der Waals surface area contributed by atoms with Gasteiger partial charge in [0.05, 0.1) is 24.2 Å². The third-order valence-electron chi connectivity index (χ3n) is 4.18. The van der Waals surface area contributed by atoms with Crippen LogP contribution >= 0.6 is 0 Å². The van der Waals surface area contributed by atoms with E-state index in [-0.39, 0.29) is 17.9 Å². The second-order valence-electron chi connectivity index (χ2n) is 6.31. The molecule has 26 heavy (non-hydrogen) atoms. The molecule has 146 valence electrons. The lowest BCUT2D eigenvalue weighted by atomic mass is 10.1. The van der Waals surface area contributed by atoms with Gasteiger partial charge in [0.1, 0.15) is 5.82 Å². The molecule has 9 heteroatoms. The van der Waals surface area contributed by atoms with E-state index in [1.165, 1.54) is 6.20 Å². The predicted molar refractivity (Wildman–Crippen MR) is 102 cm³/mol. The molecule has 1 aliphatic rings. The molecule has 1 amide bonds. The molecule has 0 atom stereocenters. The van der Waals surface area contributed by atoms with Crippen LogP contribution < -0.4 is 10.0 Å². The first-order valence-corrected chi connectivity index (χ1v) is 10.7. The Labute approximate surface area is 155 Å². The fraction of sp³-hybridized carbons (Fsp3) is 0.647. The van der Waals surface area contributed by atoms with Gasteiger partial charge in [-0.3, -0.25) is 4.72 Å². The van der Waals surface area contributed by atoms with Crippen molar-refractivity contribution in [3.05, 3.63) is 18.3 Å². The van der Waals surface area contributed by atoms with Crippen molar-refractivity contribution < 1.29 is 17.9 Å². The van der Waals surface area contributed by atoms with E-state index in [2.05, 4.69) is 15.0 Å². The van der Waals surface area contributed by atoms with Crippen LogP contribution in [0, 0.1) is 0 Å². The Morgan fingerprint density at radius 3 is 2.62 bits per heavy atom. The maximum absolute atomic E-state index is 11.9. The minimum Gasteiger partial charge on any atom is -0.450 e. The SMILES string of the molecule is CCCCS(=O)(=O)Nc1ccc(NC2CCN(C(=O)OCC)CC2)nc1. The number of carbonyl (C=O) groups excluding carboxylic acids is 1. The molecule has 1 saturated heterocycles. The summed E-state index contributed by atoms with van der Waals surface area (Å²) < 4.78 is 31.3. The van der Waals surface area contributed by atoms with Crippen molar-refractivity contribution in [3.63, 3.8) is 0 Å². The van der Waals surface area contributed by atoms with Crippen molar-refractivity contribution in [1.82, 2.24) is 9.88 Å². The van der Waals surface area contributed by atoms with Crippen molar-refractivity contribution in [1.29, 1.82) is 0 Å². The van der Waals surface area contributed by atoms with Gasteiger partial charge in [0, 0.05) is 19.1 Å². The number of rotatable bonds is 8. The standard InChI is InChI=1S/C17H28N4O4S/c1-3-5-12-26(23,24)20-15-6-7-16(18-13-15)19-14-8-10-21(11-9-14)17(22)25-4-2/h6-7,13-14,20H,3-5,8-12H2,1-2H3,(H,18,19). The first kappa shape index (κ1) is 20.3. The Hall–Kier alpha value is -2.03. The van der Waals surface area contributed by atoms with E-state index < -0.39 is 10.0 Å². The van der Waals surface area contributed by atoms with Gasteiger partial charge in [0.2, 0.25) is 10.0 Å². The first-order valence-electron chi connectivity index (χ1n) is 9.08. The highest BCUT2D eigenvalue weighted by Crippen LogP contribution is 2.18. The van der Waals surface area contributed by atoms with Gasteiger partial charge in [-0.15, -0.1) is 0 Å². The number of hydrogen-bond donors (Lipinski definition) is 2. The number of ether oxygens (including phenoxy) is 1. The van der Waals surface area contributed by atoms with Crippen LogP contribution in [0.2, 0.25) is 0 Å². The zero-order valence-electron chi connectivity index (χ0n) is 15.4. The summed E-state index contributed by atoms with van der Waals surface area (Å²) in [5.41, 5.74) is 0.462. The molecule has 0 saturated carbocycles. The van der Waals surface area contributed by atoms with Crippen molar-refractivity contribution in [2.45, 2.75) is 45.6 Å². The number of unbranched alkanes of at least 4 members (excludes halogenated alkanes) is 1. The van der Waals surface area contributed by atoms with Crippen LogP contribution in [0.4, 0.5) is 16.3 Å². The average Bonchev–Trinajstić information content (AvgIpc) is 2.62. The van der Waals surface area contributed by atoms with E-state index in [9.17, 15) is 13.2 Å². The molecule has 8 nitrogen and oxygen atoms in total. The molecule has 1 aliphatic heterocycles. The van der Waals surface area contributed by atoms with Gasteiger partial charge in [-0.1, -0.05) is 13.3 Å². The predicted octanol–water partition coefficient (Wildman–Crippen LogP) is 2.66. The molecule has 2 N–H and O–H groups in total. The number of hydrogen-bond acceptors (Lipinski definition) is 6. The molecule has 1 aromatic heterocycles. The van der Waals surface area contributed by atoms with Crippen molar-refractivity contribution >= 4 is 27.6 Å². The first-order chi connectivity index (χ1) is 12.4. The fourth-order valence-electron chi connectivity index (χ4n) is 2.73. The lowest BCUT2D eigenvalue weighted by molar-refractivity contribution is 0.0983. The van der Waals surface area contributed by atoms with Gasteiger partial charge in [0.25, 0.3) is 0 Å². The normalized spacial score (nSPS) is 15.5. The summed E-state index contributed by atoms with van der Waals surface area (Å²) in [5.74, 6) is 0.804.